The largest absolute Gasteiger partial charge is 0.474 e. The Labute approximate surface area is 128 Å². The Morgan fingerprint density at radius 3 is 2.71 bits per heavy atom. The van der Waals surface area contributed by atoms with Gasteiger partial charge in [-0.3, -0.25) is 0 Å². The lowest BCUT2D eigenvalue weighted by atomic mass is 9.75. The molecule has 1 aliphatic rings. The first kappa shape index (κ1) is 16.1. The number of aromatic nitrogens is 2. The molecule has 0 saturated heterocycles. The zero-order chi connectivity index (χ0) is 15.4. The average molecular weight is 291 g/mol. The minimum absolute atomic E-state index is 0.277. The van der Waals surface area contributed by atoms with Crippen LogP contribution in [0, 0.1) is 17.8 Å². The number of nitrogens with one attached hydrogen (secondary N) is 1. The van der Waals surface area contributed by atoms with Crippen molar-refractivity contribution in [2.45, 2.75) is 59.5 Å². The van der Waals surface area contributed by atoms with Crippen LogP contribution in [0.25, 0.3) is 0 Å². The van der Waals surface area contributed by atoms with Crippen LogP contribution in [0.4, 0.5) is 5.82 Å². The summed E-state index contributed by atoms with van der Waals surface area (Å²) < 4.78 is 6.37. The first-order valence-electron chi connectivity index (χ1n) is 8.25. The van der Waals surface area contributed by atoms with Gasteiger partial charge in [-0.25, -0.2) is 9.97 Å². The van der Waals surface area contributed by atoms with Crippen LogP contribution in [0.2, 0.25) is 0 Å². The predicted octanol–water partition coefficient (Wildman–Crippen LogP) is 3.92. The molecular formula is C17H29N3O. The Bertz CT molecular complexity index is 461. The fraction of sp³-hybridized carbons (Fsp3) is 0.765. The lowest BCUT2D eigenvalue weighted by Crippen LogP contribution is -2.36. The second-order valence-electron chi connectivity index (χ2n) is 6.59. The van der Waals surface area contributed by atoms with E-state index in [0.29, 0.717) is 11.8 Å². The van der Waals surface area contributed by atoms with Gasteiger partial charge >= 0.3 is 0 Å². The molecule has 4 nitrogen and oxygen atoms in total. The molecule has 3 unspecified atom stereocenters. The standard InChI is InChI=1S/C17H29N3O/c1-6-13-16(18-5)19-10-20-17(13)21-15-9-12(4)7-8-14(15)11(2)3/h10-12,14-15H,6-9H2,1-5H3,(H,18,19,20). The Morgan fingerprint density at radius 2 is 2.10 bits per heavy atom. The summed E-state index contributed by atoms with van der Waals surface area (Å²) in [5.74, 6) is 3.66. The van der Waals surface area contributed by atoms with Crippen LogP contribution in [0.15, 0.2) is 6.33 Å². The minimum atomic E-state index is 0.277. The van der Waals surface area contributed by atoms with Crippen molar-refractivity contribution in [2.75, 3.05) is 12.4 Å². The van der Waals surface area contributed by atoms with Crippen molar-refractivity contribution < 1.29 is 4.74 Å². The van der Waals surface area contributed by atoms with Crippen LogP contribution in [0.5, 0.6) is 5.88 Å². The molecule has 0 spiro atoms. The van der Waals surface area contributed by atoms with Crippen LogP contribution < -0.4 is 10.1 Å². The lowest BCUT2D eigenvalue weighted by molar-refractivity contribution is 0.0418. The van der Waals surface area contributed by atoms with Gasteiger partial charge in [0, 0.05) is 7.05 Å². The number of anilines is 1. The van der Waals surface area contributed by atoms with Crippen LogP contribution in [-0.4, -0.2) is 23.1 Å². The summed E-state index contributed by atoms with van der Waals surface area (Å²) in [6.07, 6.45) is 6.45. The molecule has 1 fully saturated rings. The Balaban J connectivity index is 2.22. The van der Waals surface area contributed by atoms with Crippen molar-refractivity contribution in [2.24, 2.45) is 17.8 Å². The smallest absolute Gasteiger partial charge is 0.222 e. The van der Waals surface area contributed by atoms with Gasteiger partial charge in [-0.05, 0) is 37.0 Å². The molecule has 0 amide bonds. The molecule has 21 heavy (non-hydrogen) atoms. The van der Waals surface area contributed by atoms with Gasteiger partial charge in [-0.15, -0.1) is 0 Å². The Hall–Kier alpha value is -1.32. The summed E-state index contributed by atoms with van der Waals surface area (Å²) in [6, 6.07) is 0. The molecule has 0 radical (unpaired) electrons. The van der Waals surface area contributed by atoms with Crippen molar-refractivity contribution in [1.29, 1.82) is 0 Å². The van der Waals surface area contributed by atoms with Gasteiger partial charge in [0.25, 0.3) is 0 Å². The fourth-order valence-electron chi connectivity index (χ4n) is 3.43. The molecule has 1 aromatic heterocycles. The third-order valence-corrected chi connectivity index (χ3v) is 4.72. The highest BCUT2D eigenvalue weighted by molar-refractivity contribution is 5.48. The number of ether oxygens (including phenoxy) is 1. The van der Waals surface area contributed by atoms with Gasteiger partial charge in [0.05, 0.1) is 5.56 Å². The summed E-state index contributed by atoms with van der Waals surface area (Å²) >= 11 is 0. The third kappa shape index (κ3) is 3.66. The summed E-state index contributed by atoms with van der Waals surface area (Å²) in [4.78, 5) is 8.69. The minimum Gasteiger partial charge on any atom is -0.474 e. The van der Waals surface area contributed by atoms with E-state index in [9.17, 15) is 0 Å². The first-order valence-corrected chi connectivity index (χ1v) is 8.25. The summed E-state index contributed by atoms with van der Waals surface area (Å²) in [7, 11) is 1.89. The number of rotatable bonds is 5. The summed E-state index contributed by atoms with van der Waals surface area (Å²) in [6.45, 7) is 9.05. The molecule has 2 rings (SSSR count). The molecule has 0 aliphatic heterocycles. The van der Waals surface area contributed by atoms with E-state index < -0.39 is 0 Å². The highest BCUT2D eigenvalue weighted by atomic mass is 16.5. The molecular weight excluding hydrogens is 262 g/mol. The molecule has 1 heterocycles. The topological polar surface area (TPSA) is 47.0 Å². The van der Waals surface area contributed by atoms with Crippen LogP contribution in [0.1, 0.15) is 52.5 Å². The number of nitrogens with zero attached hydrogens (tertiary/aromatic N) is 2. The normalized spacial score (nSPS) is 25.9. The number of hydrogen-bond acceptors (Lipinski definition) is 4. The van der Waals surface area contributed by atoms with Crippen molar-refractivity contribution in [3.63, 3.8) is 0 Å². The van der Waals surface area contributed by atoms with E-state index >= 15 is 0 Å². The molecule has 1 saturated carbocycles. The fourth-order valence-corrected chi connectivity index (χ4v) is 3.43. The molecule has 1 N–H and O–H groups in total. The number of hydrogen-bond donors (Lipinski definition) is 1. The zero-order valence-corrected chi connectivity index (χ0v) is 14.0. The van der Waals surface area contributed by atoms with Crippen LogP contribution in [0.3, 0.4) is 0 Å². The molecule has 4 heteroatoms. The van der Waals surface area contributed by atoms with Crippen molar-refractivity contribution in [3.05, 3.63) is 11.9 Å². The maximum absolute atomic E-state index is 6.37. The maximum Gasteiger partial charge on any atom is 0.222 e. The van der Waals surface area contributed by atoms with Crippen molar-refractivity contribution in [3.8, 4) is 5.88 Å². The zero-order valence-electron chi connectivity index (χ0n) is 14.0. The molecule has 1 aliphatic carbocycles. The van der Waals surface area contributed by atoms with E-state index in [1.54, 1.807) is 6.33 Å². The van der Waals surface area contributed by atoms with Crippen molar-refractivity contribution in [1.82, 2.24) is 9.97 Å². The monoisotopic (exact) mass is 291 g/mol. The summed E-state index contributed by atoms with van der Waals surface area (Å²) in [5, 5.41) is 3.14. The third-order valence-electron chi connectivity index (χ3n) is 4.72. The van der Waals surface area contributed by atoms with Gasteiger partial charge in [-0.1, -0.05) is 34.1 Å². The van der Waals surface area contributed by atoms with E-state index in [2.05, 4.69) is 43.0 Å². The Morgan fingerprint density at radius 1 is 1.33 bits per heavy atom. The molecule has 3 atom stereocenters. The van der Waals surface area contributed by atoms with Gasteiger partial charge in [-0.2, -0.15) is 0 Å². The Kier molecular flexibility index (Phi) is 5.43. The van der Waals surface area contributed by atoms with E-state index in [1.165, 1.54) is 12.8 Å². The highest BCUT2D eigenvalue weighted by Gasteiger charge is 2.33. The van der Waals surface area contributed by atoms with Gasteiger partial charge in [0.2, 0.25) is 5.88 Å². The van der Waals surface area contributed by atoms with Gasteiger partial charge < -0.3 is 10.1 Å². The predicted molar refractivity (Wildman–Crippen MR) is 86.7 cm³/mol. The first-order chi connectivity index (χ1) is 10.1. The van der Waals surface area contributed by atoms with Crippen LogP contribution >= 0.6 is 0 Å². The van der Waals surface area contributed by atoms with Crippen molar-refractivity contribution >= 4 is 5.82 Å². The van der Waals surface area contributed by atoms with E-state index in [-0.39, 0.29) is 6.10 Å². The molecule has 0 aromatic carbocycles. The summed E-state index contributed by atoms with van der Waals surface area (Å²) in [5.41, 5.74) is 1.08. The van der Waals surface area contributed by atoms with E-state index in [1.807, 2.05) is 7.05 Å². The second-order valence-corrected chi connectivity index (χ2v) is 6.59. The molecule has 0 bridgehead atoms. The average Bonchev–Trinajstić information content (AvgIpc) is 2.46. The molecule has 1 aromatic rings. The molecule has 118 valence electrons. The van der Waals surface area contributed by atoms with E-state index in [4.69, 9.17) is 4.74 Å². The maximum atomic E-state index is 6.37. The highest BCUT2D eigenvalue weighted by Crippen LogP contribution is 2.36. The second kappa shape index (κ2) is 7.10. The van der Waals surface area contributed by atoms with E-state index in [0.717, 1.165) is 36.0 Å². The van der Waals surface area contributed by atoms with Gasteiger partial charge in [0.15, 0.2) is 0 Å². The van der Waals surface area contributed by atoms with Gasteiger partial charge in [0.1, 0.15) is 18.2 Å². The SMILES string of the molecule is CCc1c(NC)ncnc1OC1CC(C)CCC1C(C)C. The lowest BCUT2D eigenvalue weighted by Gasteiger charge is -2.37. The van der Waals surface area contributed by atoms with Crippen LogP contribution in [-0.2, 0) is 6.42 Å². The quantitative estimate of drug-likeness (QED) is 0.893.